The first-order chi connectivity index (χ1) is 9.65. The molecule has 6 heteroatoms. The van der Waals surface area contributed by atoms with Crippen molar-refractivity contribution in [3.05, 3.63) is 17.5 Å². The fourth-order valence-corrected chi connectivity index (χ4v) is 4.40. The van der Waals surface area contributed by atoms with Crippen LogP contribution >= 0.6 is 0 Å². The highest BCUT2D eigenvalue weighted by Gasteiger charge is 2.56. The van der Waals surface area contributed by atoms with Crippen LogP contribution in [0.4, 0.5) is 5.95 Å². The van der Waals surface area contributed by atoms with Crippen molar-refractivity contribution in [2.75, 3.05) is 18.8 Å². The molecule has 106 valence electrons. The van der Waals surface area contributed by atoms with Crippen LogP contribution in [-0.4, -0.2) is 45.9 Å². The van der Waals surface area contributed by atoms with Gasteiger partial charge in [0.05, 0.1) is 0 Å². The van der Waals surface area contributed by atoms with Gasteiger partial charge in [0, 0.05) is 30.9 Å². The number of rotatable bonds is 1. The van der Waals surface area contributed by atoms with E-state index in [1.54, 1.807) is 6.07 Å². The standard InChI is InChI=1S/C14H19N5O/c1-7-4-10(18-14(15)17-7)13(20)19-11-2-3-12(19)9-6-16-5-8(9)11/h4,8-9,11-12,16H,2-3,5-6H2,1H3,(H2,15,17,18)/t8-,9+,11-,12+. The van der Waals surface area contributed by atoms with Crippen molar-refractivity contribution in [2.24, 2.45) is 11.8 Å². The normalized spacial score (nSPS) is 34.5. The highest BCUT2D eigenvalue weighted by atomic mass is 16.2. The molecule has 3 saturated heterocycles. The van der Waals surface area contributed by atoms with Crippen LogP contribution in [0.2, 0.25) is 0 Å². The number of nitrogens with zero attached hydrogens (tertiary/aromatic N) is 3. The molecule has 0 aliphatic carbocycles. The maximum Gasteiger partial charge on any atom is 0.273 e. The number of carbonyl (C=O) groups is 1. The molecule has 0 radical (unpaired) electrons. The molecular weight excluding hydrogens is 254 g/mol. The van der Waals surface area contributed by atoms with Crippen LogP contribution < -0.4 is 11.1 Å². The third-order valence-corrected chi connectivity index (χ3v) is 5.10. The van der Waals surface area contributed by atoms with E-state index in [0.29, 0.717) is 29.6 Å². The van der Waals surface area contributed by atoms with Crippen LogP contribution in [-0.2, 0) is 0 Å². The quantitative estimate of drug-likeness (QED) is 0.763. The van der Waals surface area contributed by atoms with Gasteiger partial charge in [-0.25, -0.2) is 9.97 Å². The Labute approximate surface area is 117 Å². The predicted octanol–water partition coefficient (Wildman–Crippen LogP) is 0.190. The molecule has 0 saturated carbocycles. The van der Waals surface area contributed by atoms with Crippen molar-refractivity contribution < 1.29 is 4.79 Å². The molecule has 1 aromatic rings. The van der Waals surface area contributed by atoms with Crippen molar-refractivity contribution in [3.8, 4) is 0 Å². The summed E-state index contributed by atoms with van der Waals surface area (Å²) in [6.07, 6.45) is 2.25. The summed E-state index contributed by atoms with van der Waals surface area (Å²) in [5.74, 6) is 1.46. The summed E-state index contributed by atoms with van der Waals surface area (Å²) in [4.78, 5) is 23.1. The minimum Gasteiger partial charge on any atom is -0.368 e. The first kappa shape index (κ1) is 12.1. The molecule has 6 nitrogen and oxygen atoms in total. The Morgan fingerprint density at radius 1 is 1.30 bits per heavy atom. The third kappa shape index (κ3) is 1.57. The number of carbonyl (C=O) groups excluding carboxylic acids is 1. The van der Waals surface area contributed by atoms with Crippen molar-refractivity contribution >= 4 is 11.9 Å². The van der Waals surface area contributed by atoms with Crippen LogP contribution in [0.15, 0.2) is 6.07 Å². The zero-order chi connectivity index (χ0) is 13.9. The first-order valence-electron chi connectivity index (χ1n) is 7.29. The Morgan fingerprint density at radius 2 is 1.95 bits per heavy atom. The number of nitrogens with one attached hydrogen (secondary N) is 1. The van der Waals surface area contributed by atoms with E-state index in [0.717, 1.165) is 31.6 Å². The number of nitrogen functional groups attached to an aromatic ring is 1. The molecular formula is C14H19N5O. The smallest absolute Gasteiger partial charge is 0.273 e. The van der Waals surface area contributed by atoms with Gasteiger partial charge in [-0.2, -0.15) is 0 Å². The highest BCUT2D eigenvalue weighted by Crippen LogP contribution is 2.47. The molecule has 3 aliphatic heterocycles. The van der Waals surface area contributed by atoms with E-state index in [1.807, 2.05) is 6.92 Å². The summed E-state index contributed by atoms with van der Waals surface area (Å²) in [6.45, 7) is 3.92. The minimum atomic E-state index is 0.0316. The molecule has 20 heavy (non-hydrogen) atoms. The number of aromatic nitrogens is 2. The van der Waals surface area contributed by atoms with E-state index >= 15 is 0 Å². The van der Waals surface area contributed by atoms with Gasteiger partial charge >= 0.3 is 0 Å². The maximum atomic E-state index is 12.8. The van der Waals surface area contributed by atoms with Gasteiger partial charge in [0.2, 0.25) is 5.95 Å². The first-order valence-corrected chi connectivity index (χ1v) is 7.29. The van der Waals surface area contributed by atoms with Gasteiger partial charge in [-0.3, -0.25) is 4.79 Å². The maximum absolute atomic E-state index is 12.8. The molecule has 1 aromatic heterocycles. The Balaban J connectivity index is 1.66. The fraction of sp³-hybridized carbons (Fsp3) is 0.643. The molecule has 4 heterocycles. The summed E-state index contributed by atoms with van der Waals surface area (Å²) in [7, 11) is 0. The largest absolute Gasteiger partial charge is 0.368 e. The summed E-state index contributed by atoms with van der Waals surface area (Å²) in [6, 6.07) is 2.50. The van der Waals surface area contributed by atoms with Gasteiger partial charge in [0.15, 0.2) is 0 Å². The highest BCUT2D eigenvalue weighted by molar-refractivity contribution is 5.93. The molecule has 3 aliphatic rings. The monoisotopic (exact) mass is 273 g/mol. The van der Waals surface area contributed by atoms with E-state index in [4.69, 9.17) is 5.73 Å². The average Bonchev–Trinajstić information content (AvgIpc) is 3.08. The van der Waals surface area contributed by atoms with Gasteiger partial charge in [0.25, 0.3) is 5.91 Å². The van der Waals surface area contributed by atoms with Gasteiger partial charge in [-0.05, 0) is 37.7 Å². The number of aryl methyl sites for hydroxylation is 1. The SMILES string of the molecule is Cc1cc(C(=O)N2[C@@H]3CC[C@H]2[C@H]2CNC[C@H]23)nc(N)n1. The molecule has 4 rings (SSSR count). The number of nitrogens with two attached hydrogens (primary N) is 1. The molecule has 3 N–H and O–H groups in total. The lowest BCUT2D eigenvalue weighted by molar-refractivity contribution is 0.0703. The summed E-state index contributed by atoms with van der Waals surface area (Å²) < 4.78 is 0. The fourth-order valence-electron chi connectivity index (χ4n) is 4.40. The van der Waals surface area contributed by atoms with E-state index in [-0.39, 0.29) is 11.9 Å². The predicted molar refractivity (Wildman–Crippen MR) is 74.0 cm³/mol. The lowest BCUT2D eigenvalue weighted by Crippen LogP contribution is -2.39. The van der Waals surface area contributed by atoms with Crippen LogP contribution in [0.25, 0.3) is 0 Å². The van der Waals surface area contributed by atoms with E-state index in [9.17, 15) is 4.79 Å². The number of hydrogen-bond donors (Lipinski definition) is 2. The topological polar surface area (TPSA) is 84.1 Å². The van der Waals surface area contributed by atoms with Gasteiger partial charge in [-0.15, -0.1) is 0 Å². The summed E-state index contributed by atoms with van der Waals surface area (Å²) in [5, 5.41) is 3.46. The molecule has 1 amide bonds. The van der Waals surface area contributed by atoms with Crippen LogP contribution in [0.1, 0.15) is 29.0 Å². The van der Waals surface area contributed by atoms with Crippen LogP contribution in [0.5, 0.6) is 0 Å². The Kier molecular flexibility index (Phi) is 2.51. The van der Waals surface area contributed by atoms with Crippen LogP contribution in [0.3, 0.4) is 0 Å². The second-order valence-corrected chi connectivity index (χ2v) is 6.16. The number of anilines is 1. The lowest BCUT2D eigenvalue weighted by atomic mass is 9.82. The molecule has 0 aromatic carbocycles. The van der Waals surface area contributed by atoms with E-state index < -0.39 is 0 Å². The number of amides is 1. The number of hydrogen-bond acceptors (Lipinski definition) is 5. The molecule has 0 unspecified atom stereocenters. The second-order valence-electron chi connectivity index (χ2n) is 6.16. The van der Waals surface area contributed by atoms with Gasteiger partial charge in [-0.1, -0.05) is 0 Å². The molecule has 2 bridgehead atoms. The Hall–Kier alpha value is -1.69. The van der Waals surface area contributed by atoms with Crippen molar-refractivity contribution in [1.82, 2.24) is 20.2 Å². The van der Waals surface area contributed by atoms with Crippen molar-refractivity contribution in [1.29, 1.82) is 0 Å². The average molecular weight is 273 g/mol. The number of fused-ring (bicyclic) bond motifs is 5. The van der Waals surface area contributed by atoms with E-state index in [2.05, 4.69) is 20.2 Å². The van der Waals surface area contributed by atoms with Crippen molar-refractivity contribution in [2.45, 2.75) is 31.8 Å². The van der Waals surface area contributed by atoms with Gasteiger partial charge in [0.1, 0.15) is 5.69 Å². The molecule has 3 fully saturated rings. The minimum absolute atomic E-state index is 0.0316. The lowest BCUT2D eigenvalue weighted by Gasteiger charge is -2.24. The van der Waals surface area contributed by atoms with E-state index in [1.165, 1.54) is 0 Å². The van der Waals surface area contributed by atoms with Gasteiger partial charge < -0.3 is 16.0 Å². The Morgan fingerprint density at radius 3 is 2.55 bits per heavy atom. The Bertz CT molecular complexity index is 536. The third-order valence-electron chi connectivity index (χ3n) is 5.10. The zero-order valence-corrected chi connectivity index (χ0v) is 11.5. The summed E-state index contributed by atoms with van der Waals surface area (Å²) >= 11 is 0. The molecule has 4 atom stereocenters. The molecule has 0 spiro atoms. The van der Waals surface area contributed by atoms with Crippen molar-refractivity contribution in [3.63, 3.8) is 0 Å². The summed E-state index contributed by atoms with van der Waals surface area (Å²) in [5.41, 5.74) is 6.86. The van der Waals surface area contributed by atoms with Crippen LogP contribution in [0, 0.1) is 18.8 Å². The zero-order valence-electron chi connectivity index (χ0n) is 11.5. The second kappa shape index (κ2) is 4.15.